The lowest BCUT2D eigenvalue weighted by molar-refractivity contribution is -0.143. The highest BCUT2D eigenvalue weighted by atomic mass is 32.2. The molecule has 0 radical (unpaired) electrons. The van der Waals surface area contributed by atoms with Crippen LogP contribution in [0.2, 0.25) is 0 Å². The maximum Gasteiger partial charge on any atom is 0.330 e. The second-order valence-corrected chi connectivity index (χ2v) is 6.64. The molecule has 8 heteroatoms. The zero-order valence-electron chi connectivity index (χ0n) is 13.0. The second kappa shape index (κ2) is 6.56. The van der Waals surface area contributed by atoms with E-state index in [1.54, 1.807) is 25.3 Å². The first kappa shape index (κ1) is 16.4. The number of H-pyrrole nitrogens is 1. The maximum atomic E-state index is 12.4. The molecule has 1 amide bonds. The van der Waals surface area contributed by atoms with Crippen LogP contribution in [0.3, 0.4) is 0 Å². The van der Waals surface area contributed by atoms with Gasteiger partial charge in [-0.25, -0.2) is 4.79 Å². The van der Waals surface area contributed by atoms with Crippen molar-refractivity contribution in [1.82, 2.24) is 15.5 Å². The van der Waals surface area contributed by atoms with Gasteiger partial charge in [0, 0.05) is 11.3 Å². The van der Waals surface area contributed by atoms with Gasteiger partial charge in [-0.2, -0.15) is 16.9 Å². The van der Waals surface area contributed by atoms with E-state index in [0.717, 1.165) is 11.3 Å². The molecule has 3 N–H and O–H groups in total. The van der Waals surface area contributed by atoms with Gasteiger partial charge in [0.05, 0.1) is 12.8 Å². The number of aromatic amines is 1. The van der Waals surface area contributed by atoms with E-state index >= 15 is 0 Å². The summed E-state index contributed by atoms with van der Waals surface area (Å²) in [7, 11) is 1.59. The molecule has 1 fully saturated rings. The van der Waals surface area contributed by atoms with Crippen molar-refractivity contribution in [2.24, 2.45) is 0 Å². The Bertz CT molecular complexity index is 751. The van der Waals surface area contributed by atoms with E-state index in [-0.39, 0.29) is 5.69 Å². The summed E-state index contributed by atoms with van der Waals surface area (Å²) in [6, 6.07) is 8.89. The molecule has 0 aliphatic carbocycles. The van der Waals surface area contributed by atoms with Crippen molar-refractivity contribution in [1.29, 1.82) is 0 Å². The fraction of sp³-hybridized carbons (Fsp3) is 0.312. The van der Waals surface area contributed by atoms with Crippen molar-refractivity contribution in [2.45, 2.75) is 12.0 Å². The van der Waals surface area contributed by atoms with Crippen LogP contribution < -0.4 is 10.1 Å². The number of carboxylic acid groups (broad SMARTS) is 1. The molecule has 1 aliphatic heterocycles. The maximum absolute atomic E-state index is 12.4. The Kier molecular flexibility index (Phi) is 4.48. The summed E-state index contributed by atoms with van der Waals surface area (Å²) >= 11 is 1.52. The van der Waals surface area contributed by atoms with Crippen molar-refractivity contribution >= 4 is 23.6 Å². The Labute approximate surface area is 142 Å². The lowest BCUT2D eigenvalue weighted by Gasteiger charge is -2.23. The van der Waals surface area contributed by atoms with E-state index in [1.807, 2.05) is 12.1 Å². The van der Waals surface area contributed by atoms with Gasteiger partial charge in [-0.15, -0.1) is 0 Å². The fourth-order valence-corrected chi connectivity index (χ4v) is 3.84. The first-order valence-corrected chi connectivity index (χ1v) is 8.53. The van der Waals surface area contributed by atoms with Crippen molar-refractivity contribution in [2.75, 3.05) is 18.6 Å². The number of nitrogens with zero attached hydrogens (tertiary/aromatic N) is 1. The Morgan fingerprint density at radius 2 is 2.12 bits per heavy atom. The van der Waals surface area contributed by atoms with E-state index in [9.17, 15) is 14.7 Å². The molecule has 0 bridgehead atoms. The second-order valence-electron chi connectivity index (χ2n) is 5.54. The molecule has 2 heterocycles. The molecule has 7 nitrogen and oxygen atoms in total. The molecule has 3 rings (SSSR count). The Morgan fingerprint density at radius 1 is 1.38 bits per heavy atom. The third kappa shape index (κ3) is 3.09. The smallest absolute Gasteiger partial charge is 0.330 e. The highest BCUT2D eigenvalue weighted by molar-refractivity contribution is 7.99. The Morgan fingerprint density at radius 3 is 2.71 bits per heavy atom. The normalized spacial score (nSPS) is 19.9. The number of hydrogen-bond acceptors (Lipinski definition) is 5. The first-order chi connectivity index (χ1) is 11.5. The molecular formula is C16H17N3O4S. The van der Waals surface area contributed by atoms with Crippen LogP contribution in [0.1, 0.15) is 16.9 Å². The molecule has 1 atom stereocenters. The average Bonchev–Trinajstić information content (AvgIpc) is 3.25. The minimum atomic E-state index is -1.20. The van der Waals surface area contributed by atoms with Gasteiger partial charge >= 0.3 is 5.97 Å². The molecular weight excluding hydrogens is 330 g/mol. The zero-order chi connectivity index (χ0) is 17.2. The number of thioether (sulfide) groups is 1. The summed E-state index contributed by atoms with van der Waals surface area (Å²) in [6.07, 6.45) is 0.415. The summed E-state index contributed by atoms with van der Waals surface area (Å²) in [5, 5.41) is 18.9. The number of benzene rings is 1. The highest BCUT2D eigenvalue weighted by Crippen LogP contribution is 2.29. The van der Waals surface area contributed by atoms with Gasteiger partial charge in [-0.05, 0) is 42.5 Å². The van der Waals surface area contributed by atoms with E-state index in [4.69, 9.17) is 4.74 Å². The standard InChI is InChI=1S/C16H17N3O4S/c1-23-11-4-2-10(3-5-11)12-8-13(19-18-12)14(20)17-16(15(21)22)6-7-24-9-16/h2-5,8H,6-7,9H2,1H3,(H,17,20)(H,18,19)(H,21,22). The summed E-state index contributed by atoms with van der Waals surface area (Å²) in [4.78, 5) is 23.9. The number of carbonyl (C=O) groups is 2. The van der Waals surface area contributed by atoms with Crippen LogP contribution in [0.15, 0.2) is 30.3 Å². The molecule has 24 heavy (non-hydrogen) atoms. The van der Waals surface area contributed by atoms with Gasteiger partial charge in [0.15, 0.2) is 0 Å². The van der Waals surface area contributed by atoms with Gasteiger partial charge < -0.3 is 15.2 Å². The van der Waals surface area contributed by atoms with Gasteiger partial charge in [0.1, 0.15) is 17.0 Å². The van der Waals surface area contributed by atoms with Crippen LogP contribution >= 0.6 is 11.8 Å². The minimum absolute atomic E-state index is 0.235. The van der Waals surface area contributed by atoms with Crippen molar-refractivity contribution < 1.29 is 19.4 Å². The topological polar surface area (TPSA) is 104 Å². The van der Waals surface area contributed by atoms with Crippen LogP contribution in [-0.4, -0.2) is 51.3 Å². The monoisotopic (exact) mass is 347 g/mol. The van der Waals surface area contributed by atoms with Gasteiger partial charge in [-0.1, -0.05) is 0 Å². The number of carbonyl (C=O) groups excluding carboxylic acids is 1. The number of amides is 1. The zero-order valence-corrected chi connectivity index (χ0v) is 13.9. The predicted octanol–water partition coefficient (Wildman–Crippen LogP) is 1.78. The predicted molar refractivity (Wildman–Crippen MR) is 90.4 cm³/mol. The number of methoxy groups -OCH3 is 1. The van der Waals surface area contributed by atoms with E-state index in [0.29, 0.717) is 23.6 Å². The number of aliphatic carboxylic acids is 1. The fourth-order valence-electron chi connectivity index (χ4n) is 2.52. The largest absolute Gasteiger partial charge is 0.497 e. The Balaban J connectivity index is 1.77. The van der Waals surface area contributed by atoms with Gasteiger partial charge in [0.2, 0.25) is 0 Å². The van der Waals surface area contributed by atoms with E-state index in [1.165, 1.54) is 11.8 Å². The third-order valence-corrected chi connectivity index (χ3v) is 5.18. The number of nitrogens with one attached hydrogen (secondary N) is 2. The van der Waals surface area contributed by atoms with Crippen LogP contribution in [-0.2, 0) is 4.79 Å². The summed E-state index contributed by atoms with van der Waals surface area (Å²) < 4.78 is 5.11. The molecule has 1 unspecified atom stereocenters. The van der Waals surface area contributed by atoms with Crippen molar-refractivity contribution in [3.63, 3.8) is 0 Å². The lowest BCUT2D eigenvalue weighted by atomic mass is 9.99. The minimum Gasteiger partial charge on any atom is -0.497 e. The van der Waals surface area contributed by atoms with Gasteiger partial charge in [-0.3, -0.25) is 9.89 Å². The third-order valence-electron chi connectivity index (χ3n) is 3.99. The summed E-state index contributed by atoms with van der Waals surface area (Å²) in [5.41, 5.74) is 0.467. The Hall–Kier alpha value is -2.48. The number of carboxylic acids is 1. The molecule has 0 saturated carbocycles. The van der Waals surface area contributed by atoms with Crippen LogP contribution in [0.25, 0.3) is 11.3 Å². The number of hydrogen-bond donors (Lipinski definition) is 3. The van der Waals surface area contributed by atoms with Crippen LogP contribution in [0.5, 0.6) is 5.75 Å². The molecule has 1 saturated heterocycles. The quantitative estimate of drug-likeness (QED) is 0.761. The SMILES string of the molecule is COc1ccc(-c2cc(C(=O)NC3(C(=O)O)CCSC3)[nH]n2)cc1. The van der Waals surface area contributed by atoms with Crippen LogP contribution in [0, 0.1) is 0 Å². The number of rotatable bonds is 5. The van der Waals surface area contributed by atoms with Crippen LogP contribution in [0.4, 0.5) is 0 Å². The molecule has 1 aromatic heterocycles. The number of ether oxygens (including phenoxy) is 1. The highest BCUT2D eigenvalue weighted by Gasteiger charge is 2.43. The van der Waals surface area contributed by atoms with E-state index < -0.39 is 17.4 Å². The number of aromatic nitrogens is 2. The first-order valence-electron chi connectivity index (χ1n) is 7.37. The average molecular weight is 347 g/mol. The molecule has 1 aromatic carbocycles. The van der Waals surface area contributed by atoms with E-state index in [2.05, 4.69) is 15.5 Å². The lowest BCUT2D eigenvalue weighted by Crippen LogP contribution is -2.54. The molecule has 0 spiro atoms. The van der Waals surface area contributed by atoms with Gasteiger partial charge in [0.25, 0.3) is 5.91 Å². The molecule has 1 aliphatic rings. The summed E-state index contributed by atoms with van der Waals surface area (Å²) in [5.74, 6) is 0.345. The molecule has 126 valence electrons. The molecule has 2 aromatic rings. The van der Waals surface area contributed by atoms with Crippen molar-refractivity contribution in [3.05, 3.63) is 36.0 Å². The summed E-state index contributed by atoms with van der Waals surface area (Å²) in [6.45, 7) is 0. The van der Waals surface area contributed by atoms with Crippen molar-refractivity contribution in [3.8, 4) is 17.0 Å².